The zero-order chi connectivity index (χ0) is 27.8. The fraction of sp³-hybridized carbons (Fsp3) is 0.448. The summed E-state index contributed by atoms with van der Waals surface area (Å²) >= 11 is 0. The molecule has 0 saturated carbocycles. The third-order valence-corrected chi connectivity index (χ3v) is 7.53. The van der Waals surface area contributed by atoms with Gasteiger partial charge in [0.25, 0.3) is 0 Å². The molecule has 2 aromatic rings. The lowest BCUT2D eigenvalue weighted by atomic mass is 10.00. The van der Waals surface area contributed by atoms with Crippen molar-refractivity contribution in [2.45, 2.75) is 44.3 Å². The van der Waals surface area contributed by atoms with Gasteiger partial charge in [0.05, 0.1) is 6.20 Å². The van der Waals surface area contributed by atoms with E-state index in [-0.39, 0.29) is 18.1 Å². The van der Waals surface area contributed by atoms with E-state index in [0.717, 1.165) is 44.4 Å². The molecule has 8 nitrogen and oxygen atoms in total. The number of hydrogen-bond donors (Lipinski definition) is 2. The zero-order valence-corrected chi connectivity index (χ0v) is 22.8. The quantitative estimate of drug-likeness (QED) is 0.294. The van der Waals surface area contributed by atoms with Crippen molar-refractivity contribution in [1.82, 2.24) is 20.1 Å². The van der Waals surface area contributed by atoms with Gasteiger partial charge >= 0.3 is 0 Å². The molecular formula is C29H38F2N8. The topological polar surface area (TPSA) is 80.5 Å². The van der Waals surface area contributed by atoms with Crippen LogP contribution in [0.4, 0.5) is 20.3 Å². The van der Waals surface area contributed by atoms with Gasteiger partial charge in [-0.1, -0.05) is 6.07 Å². The van der Waals surface area contributed by atoms with Crippen molar-refractivity contribution < 1.29 is 8.78 Å². The number of likely N-dealkylation sites (tertiary alicyclic amines) is 1. The number of aliphatic imine (C=N–C) groups is 3. The maximum absolute atomic E-state index is 15.0. The molecule has 4 rings (SSSR count). The number of hydrogen-bond acceptors (Lipinski definition) is 8. The second kappa shape index (κ2) is 13.6. The molecule has 2 aliphatic heterocycles. The number of halogens is 2. The lowest BCUT2D eigenvalue weighted by Crippen LogP contribution is -2.51. The van der Waals surface area contributed by atoms with Gasteiger partial charge in [0.15, 0.2) is 5.83 Å². The van der Waals surface area contributed by atoms with E-state index in [9.17, 15) is 8.78 Å². The number of benzene rings is 1. The fourth-order valence-electron chi connectivity index (χ4n) is 5.47. The minimum absolute atomic E-state index is 0.0272. The van der Waals surface area contributed by atoms with Crippen molar-refractivity contribution in [3.05, 3.63) is 65.0 Å². The summed E-state index contributed by atoms with van der Waals surface area (Å²) in [5.41, 5.74) is 2.23. The van der Waals surface area contributed by atoms with Crippen molar-refractivity contribution in [1.29, 1.82) is 0 Å². The molecule has 10 heteroatoms. The second-order valence-electron chi connectivity index (χ2n) is 10.1. The van der Waals surface area contributed by atoms with Crippen molar-refractivity contribution >= 4 is 30.7 Å². The number of aryl methyl sites for hydroxylation is 1. The Bertz CT molecular complexity index is 1200. The summed E-state index contributed by atoms with van der Waals surface area (Å²) in [6.07, 6.45) is 6.71. The number of nitrogens with one attached hydrogen (secondary N) is 2. The molecule has 0 spiro atoms. The van der Waals surface area contributed by atoms with E-state index < -0.39 is 11.6 Å². The van der Waals surface area contributed by atoms with E-state index in [1.807, 2.05) is 19.3 Å². The van der Waals surface area contributed by atoms with Crippen LogP contribution in [-0.4, -0.2) is 86.4 Å². The third kappa shape index (κ3) is 7.20. The first-order valence-electron chi connectivity index (χ1n) is 13.4. The Hall–Kier alpha value is -3.34. The summed E-state index contributed by atoms with van der Waals surface area (Å²) < 4.78 is 29.8. The molecule has 1 aromatic carbocycles. The Balaban J connectivity index is 1.44. The second-order valence-corrected chi connectivity index (χ2v) is 10.1. The molecule has 2 N–H and O–H groups in total. The summed E-state index contributed by atoms with van der Waals surface area (Å²) in [5.74, 6) is -0.666. The van der Waals surface area contributed by atoms with Crippen LogP contribution in [0.15, 0.2) is 57.5 Å². The molecule has 39 heavy (non-hydrogen) atoms. The predicted molar refractivity (Wildman–Crippen MR) is 156 cm³/mol. The molecule has 0 amide bonds. The van der Waals surface area contributed by atoms with E-state index in [0.29, 0.717) is 35.4 Å². The zero-order valence-electron chi connectivity index (χ0n) is 22.8. The maximum Gasteiger partial charge on any atom is 0.167 e. The Kier molecular flexibility index (Phi) is 10.0. The largest absolute Gasteiger partial charge is 0.351 e. The summed E-state index contributed by atoms with van der Waals surface area (Å²) in [6, 6.07) is 8.18. The van der Waals surface area contributed by atoms with E-state index in [1.165, 1.54) is 18.9 Å². The monoisotopic (exact) mass is 536 g/mol. The van der Waals surface area contributed by atoms with E-state index in [4.69, 9.17) is 0 Å². The molecule has 2 unspecified atom stereocenters. The highest BCUT2D eigenvalue weighted by molar-refractivity contribution is 6.11. The van der Waals surface area contributed by atoms with Gasteiger partial charge in [-0.15, -0.1) is 0 Å². The average Bonchev–Trinajstić information content (AvgIpc) is 3.12. The number of rotatable bonds is 13. The van der Waals surface area contributed by atoms with Gasteiger partial charge < -0.3 is 10.6 Å². The lowest BCUT2D eigenvalue weighted by molar-refractivity contribution is 0.0837. The van der Waals surface area contributed by atoms with Crippen LogP contribution in [0.5, 0.6) is 0 Å². The number of anilines is 1. The van der Waals surface area contributed by atoms with Gasteiger partial charge in [-0.2, -0.15) is 0 Å². The van der Waals surface area contributed by atoms with Crippen LogP contribution in [0, 0.1) is 5.82 Å². The Morgan fingerprint density at radius 3 is 2.62 bits per heavy atom. The van der Waals surface area contributed by atoms with Gasteiger partial charge in [-0.05, 0) is 89.1 Å². The third-order valence-electron chi connectivity index (χ3n) is 7.53. The standard InChI is InChI=1S/C29H38F2N8/c1-32-11-5-6-21-12-22(13-25(30)28(21)34-3)29(26(31)15-33-2)37-19-36-27-10-7-20(14-35-27)16-39-17-23-8-9-24(18-39)38(23)4/h7,10,12-15,23-24,32H,2-3,5-6,8-9,11,16-19H2,1,4H3,(H,35,36)/b26-15+,37-29-. The highest BCUT2D eigenvalue weighted by Crippen LogP contribution is 2.29. The predicted octanol–water partition coefficient (Wildman–Crippen LogP) is 4.35. The number of aromatic nitrogens is 1. The van der Waals surface area contributed by atoms with Gasteiger partial charge in [0.1, 0.15) is 29.7 Å². The number of likely N-dealkylation sites (N-methyl/N-ethyl adjacent to an activating group) is 1. The molecule has 2 saturated heterocycles. The lowest BCUT2D eigenvalue weighted by Gasteiger charge is -2.38. The molecule has 2 atom stereocenters. The van der Waals surface area contributed by atoms with Gasteiger partial charge in [-0.3, -0.25) is 24.8 Å². The van der Waals surface area contributed by atoms with Crippen LogP contribution in [0.3, 0.4) is 0 Å². The number of fused-ring (bicyclic) bond motifs is 2. The van der Waals surface area contributed by atoms with Gasteiger partial charge in [-0.25, -0.2) is 13.8 Å². The molecule has 1 aromatic heterocycles. The number of nitrogens with zero attached hydrogens (tertiary/aromatic N) is 6. The Morgan fingerprint density at radius 1 is 1.21 bits per heavy atom. The smallest absolute Gasteiger partial charge is 0.167 e. The molecule has 2 aliphatic rings. The van der Waals surface area contributed by atoms with Crippen LogP contribution in [-0.2, 0) is 13.0 Å². The van der Waals surface area contributed by atoms with Crippen molar-refractivity contribution in [2.24, 2.45) is 15.0 Å². The van der Waals surface area contributed by atoms with Crippen molar-refractivity contribution in [3.63, 3.8) is 0 Å². The first kappa shape index (κ1) is 28.7. The molecule has 208 valence electrons. The summed E-state index contributed by atoms with van der Waals surface area (Å²) in [6.45, 7) is 10.7. The molecule has 3 heterocycles. The summed E-state index contributed by atoms with van der Waals surface area (Å²) in [7, 11) is 4.09. The fourth-order valence-corrected chi connectivity index (χ4v) is 5.47. The van der Waals surface area contributed by atoms with Crippen LogP contribution in [0.25, 0.3) is 0 Å². The number of piperazine rings is 1. The molecule has 0 aliphatic carbocycles. The highest BCUT2D eigenvalue weighted by atomic mass is 19.1. The normalized spacial score (nSPS) is 20.3. The first-order valence-corrected chi connectivity index (χ1v) is 13.4. The van der Waals surface area contributed by atoms with Crippen LogP contribution in [0.1, 0.15) is 36.0 Å². The van der Waals surface area contributed by atoms with E-state index in [2.05, 4.69) is 66.9 Å². The molecule has 2 fully saturated rings. The van der Waals surface area contributed by atoms with E-state index >= 15 is 0 Å². The van der Waals surface area contributed by atoms with E-state index in [1.54, 1.807) is 6.07 Å². The van der Waals surface area contributed by atoms with Crippen LogP contribution < -0.4 is 10.6 Å². The molecule has 2 bridgehead atoms. The molecular weight excluding hydrogens is 498 g/mol. The number of allylic oxidation sites excluding steroid dienone is 1. The summed E-state index contributed by atoms with van der Waals surface area (Å²) in [4.78, 5) is 21.3. The van der Waals surface area contributed by atoms with Crippen molar-refractivity contribution in [2.75, 3.05) is 45.7 Å². The SMILES string of the molecule is C=N/C=C(F)\C(=N/CNc1ccc(CN2CC3CCC(C2)N3C)cn1)c1cc(F)c(N=C)c(CCCNC)c1. The summed E-state index contributed by atoms with van der Waals surface area (Å²) in [5, 5.41) is 6.17. The van der Waals surface area contributed by atoms with Crippen LogP contribution >= 0.6 is 0 Å². The minimum Gasteiger partial charge on any atom is -0.351 e. The van der Waals surface area contributed by atoms with Crippen LogP contribution in [0.2, 0.25) is 0 Å². The number of pyridine rings is 1. The van der Waals surface area contributed by atoms with Gasteiger partial charge in [0, 0.05) is 43.5 Å². The average molecular weight is 537 g/mol. The highest BCUT2D eigenvalue weighted by Gasteiger charge is 2.37. The first-order chi connectivity index (χ1) is 18.9. The van der Waals surface area contributed by atoms with Gasteiger partial charge in [0.2, 0.25) is 0 Å². The van der Waals surface area contributed by atoms with Crippen molar-refractivity contribution in [3.8, 4) is 0 Å². The Labute approximate surface area is 229 Å². The Morgan fingerprint density at radius 2 is 1.97 bits per heavy atom. The maximum atomic E-state index is 15.0. The minimum atomic E-state index is -0.712. The molecule has 0 radical (unpaired) electrons.